The number of nitrogens with zero attached hydrogens (tertiary/aromatic N) is 1. The summed E-state index contributed by atoms with van der Waals surface area (Å²) >= 11 is 5.86. The van der Waals surface area contributed by atoms with Gasteiger partial charge in [0.25, 0.3) is 0 Å². The molecule has 0 bridgehead atoms. The van der Waals surface area contributed by atoms with Crippen molar-refractivity contribution < 1.29 is 9.53 Å². The summed E-state index contributed by atoms with van der Waals surface area (Å²) in [5.41, 5.74) is 0.807. The van der Waals surface area contributed by atoms with Gasteiger partial charge < -0.3 is 15.4 Å². The van der Waals surface area contributed by atoms with Crippen LogP contribution in [0.15, 0.2) is 54.6 Å². The van der Waals surface area contributed by atoms with Crippen LogP contribution >= 0.6 is 11.6 Å². The van der Waals surface area contributed by atoms with E-state index in [4.69, 9.17) is 16.3 Å². The number of carbonyl (C=O) groups is 1. The average molecular weight is 374 g/mol. The molecule has 0 radical (unpaired) electrons. The normalized spacial score (nSPS) is 15.4. The minimum atomic E-state index is -0.138. The van der Waals surface area contributed by atoms with E-state index in [0.717, 1.165) is 43.9 Å². The number of nitrogens with one attached hydrogen (secondary N) is 2. The predicted molar refractivity (Wildman–Crippen MR) is 105 cm³/mol. The average Bonchev–Trinajstić information content (AvgIpc) is 2.65. The second-order valence-corrected chi connectivity index (χ2v) is 6.82. The summed E-state index contributed by atoms with van der Waals surface area (Å²) in [6.45, 7) is 3.44. The van der Waals surface area contributed by atoms with E-state index < -0.39 is 0 Å². The molecule has 0 aliphatic carbocycles. The molecule has 2 N–H and O–H groups in total. The number of rotatable bonds is 6. The Morgan fingerprint density at radius 2 is 1.77 bits per heavy atom. The fraction of sp³-hybridized carbons (Fsp3) is 0.350. The highest BCUT2D eigenvalue weighted by Crippen LogP contribution is 2.16. The van der Waals surface area contributed by atoms with Crippen molar-refractivity contribution in [3.05, 3.63) is 59.6 Å². The van der Waals surface area contributed by atoms with Crippen LogP contribution in [0.25, 0.3) is 0 Å². The molecule has 0 saturated carbocycles. The maximum Gasteiger partial charge on any atom is 0.319 e. The minimum Gasteiger partial charge on any atom is -0.492 e. The van der Waals surface area contributed by atoms with Gasteiger partial charge in [-0.1, -0.05) is 29.8 Å². The van der Waals surface area contributed by atoms with Crippen LogP contribution in [0.2, 0.25) is 5.02 Å². The first-order valence-corrected chi connectivity index (χ1v) is 9.30. The first kappa shape index (κ1) is 18.5. The van der Waals surface area contributed by atoms with Crippen LogP contribution in [-0.4, -0.2) is 43.2 Å². The molecule has 1 saturated heterocycles. The molecule has 26 heavy (non-hydrogen) atoms. The fourth-order valence-corrected chi connectivity index (χ4v) is 3.12. The monoisotopic (exact) mass is 373 g/mol. The largest absolute Gasteiger partial charge is 0.492 e. The fourth-order valence-electron chi connectivity index (χ4n) is 3.00. The van der Waals surface area contributed by atoms with Gasteiger partial charge in [0.2, 0.25) is 0 Å². The molecule has 1 fully saturated rings. The summed E-state index contributed by atoms with van der Waals surface area (Å²) < 4.78 is 5.74. The lowest BCUT2D eigenvalue weighted by atomic mass is 10.1. The minimum absolute atomic E-state index is 0.138. The van der Waals surface area contributed by atoms with E-state index in [0.29, 0.717) is 11.6 Å². The number of anilines is 1. The Labute approximate surface area is 159 Å². The number of hydrogen-bond donors (Lipinski definition) is 2. The summed E-state index contributed by atoms with van der Waals surface area (Å²) in [4.78, 5) is 14.4. The summed E-state index contributed by atoms with van der Waals surface area (Å²) in [5.74, 6) is 0.837. The van der Waals surface area contributed by atoms with Crippen molar-refractivity contribution in [3.8, 4) is 5.75 Å². The van der Waals surface area contributed by atoms with Gasteiger partial charge in [-0.05, 0) is 49.2 Å². The van der Waals surface area contributed by atoms with Crippen LogP contribution in [-0.2, 0) is 0 Å². The zero-order chi connectivity index (χ0) is 18.2. The number of urea groups is 1. The molecule has 3 rings (SSSR count). The summed E-state index contributed by atoms with van der Waals surface area (Å²) in [6.07, 6.45) is 1.90. The van der Waals surface area contributed by atoms with Crippen molar-refractivity contribution in [3.63, 3.8) is 0 Å². The lowest BCUT2D eigenvalue weighted by molar-refractivity contribution is 0.165. The van der Waals surface area contributed by atoms with E-state index in [9.17, 15) is 4.79 Å². The van der Waals surface area contributed by atoms with Gasteiger partial charge in [-0.3, -0.25) is 4.90 Å². The van der Waals surface area contributed by atoms with E-state index in [1.54, 1.807) is 0 Å². The van der Waals surface area contributed by atoms with E-state index >= 15 is 0 Å². The molecule has 0 aromatic heterocycles. The third-order valence-corrected chi connectivity index (χ3v) is 4.70. The second-order valence-electron chi connectivity index (χ2n) is 6.38. The highest BCUT2D eigenvalue weighted by molar-refractivity contribution is 6.30. The first-order chi connectivity index (χ1) is 12.7. The van der Waals surface area contributed by atoms with Crippen LogP contribution in [0, 0.1) is 0 Å². The number of amides is 2. The second kappa shape index (κ2) is 9.46. The standard InChI is InChI=1S/C20H24ClN3O2/c21-16-6-8-19(9-7-16)26-15-14-24-12-10-18(11-13-24)23-20(25)22-17-4-2-1-3-5-17/h1-9,18H,10-15H2,(H2,22,23,25). The molecule has 2 aromatic carbocycles. The maximum atomic E-state index is 12.0. The molecule has 138 valence electrons. The van der Waals surface area contributed by atoms with Crippen molar-refractivity contribution in [2.75, 3.05) is 31.6 Å². The Kier molecular flexibility index (Phi) is 6.75. The van der Waals surface area contributed by atoms with Gasteiger partial charge in [-0.2, -0.15) is 0 Å². The third kappa shape index (κ3) is 5.93. The molecule has 1 aliphatic heterocycles. The molecule has 2 aromatic rings. The van der Waals surface area contributed by atoms with Crippen molar-refractivity contribution in [2.45, 2.75) is 18.9 Å². The lowest BCUT2D eigenvalue weighted by Crippen LogP contribution is -2.46. The quantitative estimate of drug-likeness (QED) is 0.804. The number of piperidine rings is 1. The van der Waals surface area contributed by atoms with Crippen LogP contribution < -0.4 is 15.4 Å². The number of halogens is 1. The Balaban J connectivity index is 1.32. The predicted octanol–water partition coefficient (Wildman–Crippen LogP) is 4.00. The van der Waals surface area contributed by atoms with Gasteiger partial charge in [0, 0.05) is 36.4 Å². The molecule has 0 unspecified atom stereocenters. The topological polar surface area (TPSA) is 53.6 Å². The maximum absolute atomic E-state index is 12.0. The SMILES string of the molecule is O=C(Nc1ccccc1)NC1CCN(CCOc2ccc(Cl)cc2)CC1. The Hall–Kier alpha value is -2.24. The molecule has 2 amide bonds. The molecule has 1 heterocycles. The number of hydrogen-bond acceptors (Lipinski definition) is 3. The van der Waals surface area contributed by atoms with Gasteiger partial charge in [0.15, 0.2) is 0 Å². The molecule has 6 heteroatoms. The zero-order valence-corrected chi connectivity index (χ0v) is 15.4. The number of likely N-dealkylation sites (tertiary alicyclic amines) is 1. The van der Waals surface area contributed by atoms with Crippen molar-refractivity contribution in [2.24, 2.45) is 0 Å². The number of ether oxygens (including phenoxy) is 1. The van der Waals surface area contributed by atoms with E-state index in [1.807, 2.05) is 54.6 Å². The van der Waals surface area contributed by atoms with Crippen molar-refractivity contribution in [1.29, 1.82) is 0 Å². The van der Waals surface area contributed by atoms with Crippen molar-refractivity contribution in [1.82, 2.24) is 10.2 Å². The zero-order valence-electron chi connectivity index (χ0n) is 14.7. The molecule has 5 nitrogen and oxygen atoms in total. The van der Waals surface area contributed by atoms with Gasteiger partial charge in [0.05, 0.1) is 0 Å². The van der Waals surface area contributed by atoms with Gasteiger partial charge in [-0.25, -0.2) is 4.79 Å². The number of carbonyl (C=O) groups excluding carboxylic acids is 1. The number of para-hydroxylation sites is 1. The molecular formula is C20H24ClN3O2. The molecule has 0 spiro atoms. The Morgan fingerprint density at radius 3 is 2.46 bits per heavy atom. The van der Waals surface area contributed by atoms with Crippen LogP contribution in [0.3, 0.4) is 0 Å². The Bertz CT molecular complexity index is 686. The summed E-state index contributed by atoms with van der Waals surface area (Å²) in [7, 11) is 0. The lowest BCUT2D eigenvalue weighted by Gasteiger charge is -2.32. The van der Waals surface area contributed by atoms with Gasteiger partial charge in [0.1, 0.15) is 12.4 Å². The molecule has 1 aliphatic rings. The Morgan fingerprint density at radius 1 is 1.08 bits per heavy atom. The highest BCUT2D eigenvalue weighted by Gasteiger charge is 2.20. The smallest absolute Gasteiger partial charge is 0.319 e. The molecule has 0 atom stereocenters. The van der Waals surface area contributed by atoms with Gasteiger partial charge in [-0.15, -0.1) is 0 Å². The first-order valence-electron chi connectivity index (χ1n) is 8.92. The summed E-state index contributed by atoms with van der Waals surface area (Å²) in [5, 5.41) is 6.63. The van der Waals surface area contributed by atoms with E-state index in [1.165, 1.54) is 0 Å². The van der Waals surface area contributed by atoms with Crippen molar-refractivity contribution >= 4 is 23.3 Å². The third-order valence-electron chi connectivity index (χ3n) is 4.44. The molecular weight excluding hydrogens is 350 g/mol. The van der Waals surface area contributed by atoms with Gasteiger partial charge >= 0.3 is 6.03 Å². The number of benzene rings is 2. The van der Waals surface area contributed by atoms with Crippen LogP contribution in [0.5, 0.6) is 5.75 Å². The van der Waals surface area contributed by atoms with Crippen LogP contribution in [0.1, 0.15) is 12.8 Å². The highest BCUT2D eigenvalue weighted by atomic mass is 35.5. The van der Waals surface area contributed by atoms with E-state index in [2.05, 4.69) is 15.5 Å². The van der Waals surface area contributed by atoms with Crippen LogP contribution in [0.4, 0.5) is 10.5 Å². The van der Waals surface area contributed by atoms with E-state index in [-0.39, 0.29) is 12.1 Å². The summed E-state index contributed by atoms with van der Waals surface area (Å²) in [6, 6.07) is 17.0.